The van der Waals surface area contributed by atoms with Crippen LogP contribution in [0.2, 0.25) is 0 Å². The minimum absolute atomic E-state index is 0.103. The molecule has 0 aliphatic heterocycles. The topological polar surface area (TPSA) is 59.3 Å². The van der Waals surface area contributed by atoms with E-state index in [1.807, 2.05) is 13.0 Å². The van der Waals surface area contributed by atoms with Crippen molar-refractivity contribution in [2.75, 3.05) is 0 Å². The molecule has 4 rings (SSSR count). The molecule has 1 heterocycles. The monoisotopic (exact) mass is 387 g/mol. The van der Waals surface area contributed by atoms with Gasteiger partial charge < -0.3 is 9.73 Å². The molecule has 0 radical (unpaired) electrons. The summed E-state index contributed by atoms with van der Waals surface area (Å²) < 4.78 is 19.5. The average molecular weight is 387 g/mol. The van der Waals surface area contributed by atoms with Crippen molar-refractivity contribution in [3.05, 3.63) is 106 Å². The summed E-state index contributed by atoms with van der Waals surface area (Å²) in [5.41, 5.74) is 2.94. The van der Waals surface area contributed by atoms with Crippen molar-refractivity contribution in [2.24, 2.45) is 0 Å². The standard InChI is InChI=1S/C24H18FNO3/c1-15-6-11-22-19(12-15)21(27)13-23(29-22)16-7-9-17(10-8-16)24(28)26-14-18-4-2-3-5-20(18)25/h2-13H,14H2,1H3,(H,26,28). The molecule has 5 heteroatoms. The maximum Gasteiger partial charge on any atom is 0.251 e. The van der Waals surface area contributed by atoms with Crippen LogP contribution in [0.1, 0.15) is 21.5 Å². The molecule has 0 atom stereocenters. The fraction of sp³-hybridized carbons (Fsp3) is 0.0833. The lowest BCUT2D eigenvalue weighted by atomic mass is 10.1. The van der Waals surface area contributed by atoms with Gasteiger partial charge in [0.2, 0.25) is 0 Å². The molecule has 0 unspecified atom stereocenters. The summed E-state index contributed by atoms with van der Waals surface area (Å²) in [7, 11) is 0. The average Bonchev–Trinajstić information content (AvgIpc) is 2.73. The lowest BCUT2D eigenvalue weighted by molar-refractivity contribution is 0.0950. The molecule has 0 fully saturated rings. The van der Waals surface area contributed by atoms with Crippen molar-refractivity contribution >= 4 is 16.9 Å². The first-order chi connectivity index (χ1) is 14.0. The Morgan fingerprint density at radius 3 is 2.52 bits per heavy atom. The number of benzene rings is 3. The molecule has 0 aliphatic rings. The predicted octanol–water partition coefficient (Wildman–Crippen LogP) is 4.84. The molecule has 0 saturated carbocycles. The quantitative estimate of drug-likeness (QED) is 0.545. The molecule has 0 bridgehead atoms. The molecular formula is C24H18FNO3. The Kier molecular flexibility index (Phi) is 4.96. The minimum atomic E-state index is -0.357. The highest BCUT2D eigenvalue weighted by Gasteiger charge is 2.10. The Morgan fingerprint density at radius 1 is 1.00 bits per heavy atom. The van der Waals surface area contributed by atoms with Crippen LogP contribution in [0.25, 0.3) is 22.3 Å². The van der Waals surface area contributed by atoms with Crippen molar-refractivity contribution in [1.29, 1.82) is 0 Å². The van der Waals surface area contributed by atoms with E-state index >= 15 is 0 Å². The van der Waals surface area contributed by atoms with Crippen LogP contribution in [0.15, 0.2) is 82.0 Å². The van der Waals surface area contributed by atoms with Gasteiger partial charge in [0.1, 0.15) is 17.2 Å². The van der Waals surface area contributed by atoms with Gasteiger partial charge in [0, 0.05) is 29.3 Å². The number of amides is 1. The second-order valence-electron chi connectivity index (χ2n) is 6.83. The summed E-state index contributed by atoms with van der Waals surface area (Å²) in [5.74, 6) is -0.232. The highest BCUT2D eigenvalue weighted by atomic mass is 19.1. The number of halogens is 1. The van der Waals surface area contributed by atoms with Crippen LogP contribution in [-0.2, 0) is 6.54 Å². The molecule has 3 aromatic carbocycles. The second-order valence-corrected chi connectivity index (χ2v) is 6.83. The van der Waals surface area contributed by atoms with Gasteiger partial charge >= 0.3 is 0 Å². The van der Waals surface area contributed by atoms with E-state index in [0.717, 1.165) is 5.56 Å². The van der Waals surface area contributed by atoms with Gasteiger partial charge in [-0.2, -0.15) is 0 Å². The number of rotatable bonds is 4. The van der Waals surface area contributed by atoms with Crippen molar-refractivity contribution in [3.63, 3.8) is 0 Å². The summed E-state index contributed by atoms with van der Waals surface area (Å²) in [5, 5.41) is 3.24. The first-order valence-electron chi connectivity index (χ1n) is 9.18. The van der Waals surface area contributed by atoms with Crippen LogP contribution < -0.4 is 10.7 Å². The highest BCUT2D eigenvalue weighted by Crippen LogP contribution is 2.23. The van der Waals surface area contributed by atoms with Gasteiger partial charge in [-0.3, -0.25) is 9.59 Å². The van der Waals surface area contributed by atoms with Crippen LogP contribution >= 0.6 is 0 Å². The molecule has 1 N–H and O–H groups in total. The number of hydrogen-bond acceptors (Lipinski definition) is 3. The van der Waals surface area contributed by atoms with Crippen molar-refractivity contribution in [1.82, 2.24) is 5.32 Å². The largest absolute Gasteiger partial charge is 0.456 e. The molecule has 4 aromatic rings. The number of fused-ring (bicyclic) bond motifs is 1. The first kappa shape index (κ1) is 18.6. The Morgan fingerprint density at radius 2 is 1.76 bits per heavy atom. The van der Waals surface area contributed by atoms with E-state index in [1.54, 1.807) is 54.6 Å². The maximum atomic E-state index is 13.7. The molecule has 1 aromatic heterocycles. The summed E-state index contributed by atoms with van der Waals surface area (Å²) in [6.07, 6.45) is 0. The molecule has 0 saturated heterocycles. The zero-order valence-electron chi connectivity index (χ0n) is 15.7. The van der Waals surface area contributed by atoms with Crippen LogP contribution in [0, 0.1) is 12.7 Å². The Hall–Kier alpha value is -3.73. The summed E-state index contributed by atoms with van der Waals surface area (Å²) in [6.45, 7) is 2.02. The van der Waals surface area contributed by atoms with Gasteiger partial charge in [-0.05, 0) is 37.3 Å². The number of nitrogens with one attached hydrogen (secondary N) is 1. The fourth-order valence-electron chi connectivity index (χ4n) is 3.12. The summed E-state index contributed by atoms with van der Waals surface area (Å²) in [6, 6.07) is 19.9. The van der Waals surface area contributed by atoms with Gasteiger partial charge in [0.15, 0.2) is 5.43 Å². The van der Waals surface area contributed by atoms with Crippen LogP contribution in [-0.4, -0.2) is 5.91 Å². The zero-order chi connectivity index (χ0) is 20.4. The van der Waals surface area contributed by atoms with Gasteiger partial charge in [-0.25, -0.2) is 4.39 Å². The van der Waals surface area contributed by atoms with Crippen molar-refractivity contribution in [2.45, 2.75) is 13.5 Å². The van der Waals surface area contributed by atoms with E-state index in [4.69, 9.17) is 4.42 Å². The third-order valence-electron chi connectivity index (χ3n) is 4.71. The zero-order valence-corrected chi connectivity index (χ0v) is 15.7. The molecular weight excluding hydrogens is 369 g/mol. The lowest BCUT2D eigenvalue weighted by Crippen LogP contribution is -2.23. The van der Waals surface area contributed by atoms with Crippen molar-refractivity contribution in [3.8, 4) is 11.3 Å². The number of aryl methyl sites for hydroxylation is 1. The third kappa shape index (κ3) is 3.94. The van der Waals surface area contributed by atoms with E-state index in [-0.39, 0.29) is 23.7 Å². The normalized spacial score (nSPS) is 10.8. The summed E-state index contributed by atoms with van der Waals surface area (Å²) >= 11 is 0. The van der Waals surface area contributed by atoms with E-state index in [9.17, 15) is 14.0 Å². The van der Waals surface area contributed by atoms with E-state index in [0.29, 0.717) is 33.4 Å². The van der Waals surface area contributed by atoms with Gasteiger partial charge in [-0.15, -0.1) is 0 Å². The predicted molar refractivity (Wildman–Crippen MR) is 110 cm³/mol. The van der Waals surface area contributed by atoms with Gasteiger partial charge in [0.05, 0.1) is 5.39 Å². The van der Waals surface area contributed by atoms with Crippen LogP contribution in [0.4, 0.5) is 4.39 Å². The minimum Gasteiger partial charge on any atom is -0.456 e. The van der Waals surface area contributed by atoms with E-state index < -0.39 is 0 Å². The Balaban J connectivity index is 1.54. The van der Waals surface area contributed by atoms with Crippen LogP contribution in [0.3, 0.4) is 0 Å². The summed E-state index contributed by atoms with van der Waals surface area (Å²) in [4.78, 5) is 24.7. The molecule has 0 spiro atoms. The van der Waals surface area contributed by atoms with Crippen molar-refractivity contribution < 1.29 is 13.6 Å². The SMILES string of the molecule is Cc1ccc2oc(-c3ccc(C(=O)NCc4ccccc4F)cc3)cc(=O)c2c1. The van der Waals surface area contributed by atoms with Gasteiger partial charge in [-0.1, -0.05) is 42.0 Å². The highest BCUT2D eigenvalue weighted by molar-refractivity contribution is 5.94. The molecule has 0 aliphatic carbocycles. The molecule has 144 valence electrons. The van der Waals surface area contributed by atoms with Crippen LogP contribution in [0.5, 0.6) is 0 Å². The Labute approximate surface area is 166 Å². The molecule has 1 amide bonds. The third-order valence-corrected chi connectivity index (χ3v) is 4.71. The lowest BCUT2D eigenvalue weighted by Gasteiger charge is -2.08. The van der Waals surface area contributed by atoms with E-state index in [2.05, 4.69) is 5.32 Å². The first-order valence-corrected chi connectivity index (χ1v) is 9.18. The molecule has 29 heavy (non-hydrogen) atoms. The number of hydrogen-bond donors (Lipinski definition) is 1. The molecule has 4 nitrogen and oxygen atoms in total. The second kappa shape index (κ2) is 7.72. The smallest absolute Gasteiger partial charge is 0.251 e. The van der Waals surface area contributed by atoms with Gasteiger partial charge in [0.25, 0.3) is 5.91 Å². The maximum absolute atomic E-state index is 13.7. The fourth-order valence-corrected chi connectivity index (χ4v) is 3.12. The van der Waals surface area contributed by atoms with E-state index in [1.165, 1.54) is 12.1 Å². The Bertz CT molecular complexity index is 1260. The number of carbonyl (C=O) groups excluding carboxylic acids is 1. The number of carbonyl (C=O) groups is 1.